The minimum atomic E-state index is -0.133. The SMILES string of the molecule is Cc1cccc(C(=O)Nc2cc(C)ccn2)c1. The lowest BCUT2D eigenvalue weighted by Crippen LogP contribution is -2.13. The summed E-state index contributed by atoms with van der Waals surface area (Å²) in [7, 11) is 0. The second-order valence-corrected chi connectivity index (χ2v) is 4.04. The Morgan fingerprint density at radius 2 is 1.88 bits per heavy atom. The van der Waals surface area contributed by atoms with E-state index < -0.39 is 0 Å². The fraction of sp³-hybridized carbons (Fsp3) is 0.143. The van der Waals surface area contributed by atoms with Gasteiger partial charge in [-0.05, 0) is 43.7 Å². The molecule has 1 heterocycles. The smallest absolute Gasteiger partial charge is 0.256 e. The summed E-state index contributed by atoms with van der Waals surface area (Å²) in [6.45, 7) is 3.92. The number of carbonyl (C=O) groups is 1. The lowest BCUT2D eigenvalue weighted by atomic mass is 10.1. The van der Waals surface area contributed by atoms with E-state index in [2.05, 4.69) is 10.3 Å². The van der Waals surface area contributed by atoms with Crippen molar-refractivity contribution in [1.82, 2.24) is 4.98 Å². The Hall–Kier alpha value is -2.16. The molecule has 0 aliphatic rings. The first-order valence-corrected chi connectivity index (χ1v) is 5.46. The second kappa shape index (κ2) is 4.78. The predicted molar refractivity (Wildman–Crippen MR) is 68.1 cm³/mol. The Morgan fingerprint density at radius 3 is 2.59 bits per heavy atom. The van der Waals surface area contributed by atoms with Crippen LogP contribution in [0.15, 0.2) is 42.6 Å². The van der Waals surface area contributed by atoms with Crippen LogP contribution in [0.4, 0.5) is 5.82 Å². The maximum Gasteiger partial charge on any atom is 0.256 e. The molecule has 1 aromatic heterocycles. The Balaban J connectivity index is 2.17. The Labute approximate surface area is 101 Å². The van der Waals surface area contributed by atoms with Gasteiger partial charge in [0.2, 0.25) is 0 Å². The van der Waals surface area contributed by atoms with Crippen molar-refractivity contribution in [2.75, 3.05) is 5.32 Å². The molecule has 0 spiro atoms. The van der Waals surface area contributed by atoms with E-state index in [1.54, 1.807) is 12.3 Å². The number of anilines is 1. The molecule has 0 atom stereocenters. The molecule has 0 aliphatic carbocycles. The van der Waals surface area contributed by atoms with Crippen molar-refractivity contribution in [2.45, 2.75) is 13.8 Å². The van der Waals surface area contributed by atoms with E-state index in [0.717, 1.165) is 11.1 Å². The Morgan fingerprint density at radius 1 is 1.12 bits per heavy atom. The average Bonchev–Trinajstić information content (AvgIpc) is 2.29. The maximum atomic E-state index is 11.9. The molecule has 86 valence electrons. The topological polar surface area (TPSA) is 42.0 Å². The Bertz CT molecular complexity index is 549. The second-order valence-electron chi connectivity index (χ2n) is 4.04. The molecule has 3 heteroatoms. The molecule has 2 rings (SSSR count). The van der Waals surface area contributed by atoms with E-state index in [1.165, 1.54) is 0 Å². The van der Waals surface area contributed by atoms with Crippen LogP contribution in [0.3, 0.4) is 0 Å². The van der Waals surface area contributed by atoms with Crippen molar-refractivity contribution in [1.29, 1.82) is 0 Å². The van der Waals surface area contributed by atoms with Gasteiger partial charge in [0, 0.05) is 11.8 Å². The van der Waals surface area contributed by atoms with Crippen LogP contribution in [-0.4, -0.2) is 10.9 Å². The van der Waals surface area contributed by atoms with Gasteiger partial charge >= 0.3 is 0 Å². The molecule has 0 bridgehead atoms. The van der Waals surface area contributed by atoms with E-state index in [-0.39, 0.29) is 5.91 Å². The summed E-state index contributed by atoms with van der Waals surface area (Å²) in [4.78, 5) is 16.0. The number of carbonyl (C=O) groups excluding carboxylic acids is 1. The first-order valence-electron chi connectivity index (χ1n) is 5.46. The molecule has 2 aromatic rings. The molecular weight excluding hydrogens is 212 g/mol. The zero-order valence-corrected chi connectivity index (χ0v) is 9.90. The van der Waals surface area contributed by atoms with Crippen LogP contribution < -0.4 is 5.32 Å². The molecule has 0 saturated carbocycles. The van der Waals surface area contributed by atoms with Gasteiger partial charge < -0.3 is 5.32 Å². The minimum absolute atomic E-state index is 0.133. The van der Waals surface area contributed by atoms with Gasteiger partial charge in [0.05, 0.1) is 0 Å². The van der Waals surface area contributed by atoms with Gasteiger partial charge in [-0.3, -0.25) is 4.79 Å². The number of nitrogens with one attached hydrogen (secondary N) is 1. The first kappa shape index (κ1) is 11.3. The van der Waals surface area contributed by atoms with Crippen LogP contribution in [0.5, 0.6) is 0 Å². The third-order valence-electron chi connectivity index (χ3n) is 2.44. The number of aryl methyl sites for hydroxylation is 2. The summed E-state index contributed by atoms with van der Waals surface area (Å²) in [5.74, 6) is 0.448. The minimum Gasteiger partial charge on any atom is -0.307 e. The highest BCUT2D eigenvalue weighted by atomic mass is 16.1. The van der Waals surface area contributed by atoms with Gasteiger partial charge in [-0.1, -0.05) is 17.7 Å². The summed E-state index contributed by atoms with van der Waals surface area (Å²) >= 11 is 0. The quantitative estimate of drug-likeness (QED) is 0.855. The van der Waals surface area contributed by atoms with E-state index in [0.29, 0.717) is 11.4 Å². The summed E-state index contributed by atoms with van der Waals surface area (Å²) in [6.07, 6.45) is 1.68. The van der Waals surface area contributed by atoms with Crippen molar-refractivity contribution in [3.05, 3.63) is 59.3 Å². The van der Waals surface area contributed by atoms with Gasteiger partial charge in [-0.15, -0.1) is 0 Å². The molecule has 17 heavy (non-hydrogen) atoms. The normalized spacial score (nSPS) is 10.0. The van der Waals surface area contributed by atoms with Crippen LogP contribution in [0, 0.1) is 13.8 Å². The van der Waals surface area contributed by atoms with Crippen molar-refractivity contribution in [3.63, 3.8) is 0 Å². The van der Waals surface area contributed by atoms with Gasteiger partial charge in [0.1, 0.15) is 5.82 Å². The van der Waals surface area contributed by atoms with E-state index >= 15 is 0 Å². The lowest BCUT2D eigenvalue weighted by Gasteiger charge is -2.05. The van der Waals surface area contributed by atoms with Gasteiger partial charge in [0.15, 0.2) is 0 Å². The lowest BCUT2D eigenvalue weighted by molar-refractivity contribution is 0.102. The maximum absolute atomic E-state index is 11.9. The molecule has 0 aliphatic heterocycles. The third-order valence-corrected chi connectivity index (χ3v) is 2.44. The summed E-state index contributed by atoms with van der Waals surface area (Å²) in [5.41, 5.74) is 2.78. The highest BCUT2D eigenvalue weighted by Crippen LogP contribution is 2.09. The number of aromatic nitrogens is 1. The molecule has 1 N–H and O–H groups in total. The fourth-order valence-corrected chi connectivity index (χ4v) is 1.58. The predicted octanol–water partition coefficient (Wildman–Crippen LogP) is 2.95. The summed E-state index contributed by atoms with van der Waals surface area (Å²) in [5, 5.41) is 2.78. The highest BCUT2D eigenvalue weighted by molar-refractivity contribution is 6.03. The van der Waals surface area contributed by atoms with Crippen LogP contribution in [0.25, 0.3) is 0 Å². The zero-order valence-electron chi connectivity index (χ0n) is 9.90. The highest BCUT2D eigenvalue weighted by Gasteiger charge is 2.06. The van der Waals surface area contributed by atoms with Crippen LogP contribution >= 0.6 is 0 Å². The number of nitrogens with zero attached hydrogens (tertiary/aromatic N) is 1. The number of pyridine rings is 1. The zero-order chi connectivity index (χ0) is 12.3. The number of hydrogen-bond acceptors (Lipinski definition) is 2. The molecule has 0 radical (unpaired) electrons. The van der Waals surface area contributed by atoms with Gasteiger partial charge in [0.25, 0.3) is 5.91 Å². The number of amides is 1. The van der Waals surface area contributed by atoms with Gasteiger partial charge in [-0.2, -0.15) is 0 Å². The largest absolute Gasteiger partial charge is 0.307 e. The molecule has 1 amide bonds. The molecule has 1 aromatic carbocycles. The van der Waals surface area contributed by atoms with Crippen molar-refractivity contribution < 1.29 is 4.79 Å². The first-order chi connectivity index (χ1) is 8.15. The molecule has 0 saturated heterocycles. The number of benzene rings is 1. The van der Waals surface area contributed by atoms with E-state index in [9.17, 15) is 4.79 Å². The summed E-state index contributed by atoms with van der Waals surface area (Å²) < 4.78 is 0. The van der Waals surface area contributed by atoms with Crippen molar-refractivity contribution in [2.24, 2.45) is 0 Å². The van der Waals surface area contributed by atoms with Crippen molar-refractivity contribution in [3.8, 4) is 0 Å². The summed E-state index contributed by atoms with van der Waals surface area (Å²) in [6, 6.07) is 11.2. The Kier molecular flexibility index (Phi) is 3.19. The monoisotopic (exact) mass is 226 g/mol. The van der Waals surface area contributed by atoms with Crippen LogP contribution in [0.2, 0.25) is 0 Å². The average molecular weight is 226 g/mol. The fourth-order valence-electron chi connectivity index (χ4n) is 1.58. The number of hydrogen-bond donors (Lipinski definition) is 1. The van der Waals surface area contributed by atoms with Gasteiger partial charge in [-0.25, -0.2) is 4.98 Å². The van der Waals surface area contributed by atoms with Crippen molar-refractivity contribution >= 4 is 11.7 Å². The van der Waals surface area contributed by atoms with Crippen LogP contribution in [-0.2, 0) is 0 Å². The number of rotatable bonds is 2. The molecule has 3 nitrogen and oxygen atoms in total. The van der Waals surface area contributed by atoms with E-state index in [4.69, 9.17) is 0 Å². The third kappa shape index (κ3) is 2.91. The molecule has 0 fully saturated rings. The van der Waals surface area contributed by atoms with E-state index in [1.807, 2.05) is 44.2 Å². The molecular formula is C14H14N2O. The standard InChI is InChI=1S/C14H14N2O/c1-10-4-3-5-12(8-10)14(17)16-13-9-11(2)6-7-15-13/h3-9H,1-2H3,(H,15,16,17). The van der Waals surface area contributed by atoms with Crippen LogP contribution in [0.1, 0.15) is 21.5 Å². The molecule has 0 unspecified atom stereocenters.